The zero-order chi connectivity index (χ0) is 22.0. The Balaban J connectivity index is 1.53. The second-order valence-electron chi connectivity index (χ2n) is 6.76. The summed E-state index contributed by atoms with van der Waals surface area (Å²) in [4.78, 5) is 25.7. The second kappa shape index (κ2) is 9.31. The molecule has 31 heavy (non-hydrogen) atoms. The molecule has 1 aliphatic heterocycles. The zero-order valence-electron chi connectivity index (χ0n) is 16.1. The maximum absolute atomic E-state index is 12.4. The summed E-state index contributed by atoms with van der Waals surface area (Å²) in [7, 11) is 0. The topological polar surface area (TPSA) is 46.6 Å². The minimum Gasteiger partial charge on any atom is -0.487 e. The molecule has 1 heterocycles. The van der Waals surface area contributed by atoms with Gasteiger partial charge in [0, 0.05) is 0 Å². The quantitative estimate of drug-likeness (QED) is 0.262. The molecule has 1 fully saturated rings. The molecule has 2 amide bonds. The summed E-state index contributed by atoms with van der Waals surface area (Å²) in [6.45, 7) is 0.378. The molecule has 7 heteroatoms. The summed E-state index contributed by atoms with van der Waals surface area (Å²) in [6.07, 6.45) is 6.90. The molecule has 1 saturated heterocycles. The van der Waals surface area contributed by atoms with Crippen LogP contribution in [0.1, 0.15) is 11.1 Å². The van der Waals surface area contributed by atoms with Gasteiger partial charge in [-0.25, -0.2) is 0 Å². The molecular weight excluding hydrogens is 542 g/mol. The summed E-state index contributed by atoms with van der Waals surface area (Å²) in [5, 5.41) is 1.99. The van der Waals surface area contributed by atoms with Crippen molar-refractivity contribution in [3.8, 4) is 18.1 Å². The van der Waals surface area contributed by atoms with Crippen LogP contribution < -0.4 is 4.74 Å². The Morgan fingerprint density at radius 3 is 2.45 bits per heavy atom. The lowest BCUT2D eigenvalue weighted by Crippen LogP contribution is -2.28. The average molecular weight is 557 g/mol. The summed E-state index contributed by atoms with van der Waals surface area (Å²) in [5.74, 6) is 2.61. The molecular formula is C24H15Br2NO3S. The molecule has 0 aliphatic carbocycles. The first-order valence-electron chi connectivity index (χ1n) is 9.24. The number of thioether (sulfide) groups is 1. The van der Waals surface area contributed by atoms with E-state index >= 15 is 0 Å². The van der Waals surface area contributed by atoms with Gasteiger partial charge in [0.25, 0.3) is 11.1 Å². The van der Waals surface area contributed by atoms with Gasteiger partial charge in [-0.15, -0.1) is 6.42 Å². The highest BCUT2D eigenvalue weighted by molar-refractivity contribution is 9.11. The van der Waals surface area contributed by atoms with Crippen LogP contribution in [0.15, 0.2) is 68.4 Å². The van der Waals surface area contributed by atoms with Crippen LogP contribution in [0.4, 0.5) is 4.79 Å². The van der Waals surface area contributed by atoms with Crippen LogP contribution in [0.3, 0.4) is 0 Å². The Hall–Kier alpha value is -2.53. The summed E-state index contributed by atoms with van der Waals surface area (Å²) >= 11 is 7.97. The second-order valence-corrected chi connectivity index (χ2v) is 9.46. The van der Waals surface area contributed by atoms with E-state index in [4.69, 9.17) is 11.2 Å². The molecule has 154 valence electrons. The molecule has 0 radical (unpaired) electrons. The predicted molar refractivity (Wildman–Crippen MR) is 132 cm³/mol. The molecule has 0 atom stereocenters. The van der Waals surface area contributed by atoms with E-state index in [2.05, 4.69) is 62.0 Å². The van der Waals surface area contributed by atoms with Crippen LogP contribution in [0.25, 0.3) is 16.8 Å². The lowest BCUT2D eigenvalue weighted by molar-refractivity contribution is -0.122. The van der Waals surface area contributed by atoms with Gasteiger partial charge >= 0.3 is 0 Å². The third-order valence-electron chi connectivity index (χ3n) is 4.64. The fourth-order valence-corrected chi connectivity index (χ4v) is 5.45. The number of halogens is 2. The summed E-state index contributed by atoms with van der Waals surface area (Å²) < 4.78 is 7.51. The molecule has 0 saturated carbocycles. The third-order valence-corrected chi connectivity index (χ3v) is 6.72. The number of terminal acetylenes is 1. The number of hydrogen-bond acceptors (Lipinski definition) is 4. The van der Waals surface area contributed by atoms with Gasteiger partial charge in [0.15, 0.2) is 0 Å². The summed E-state index contributed by atoms with van der Waals surface area (Å²) in [5.41, 5.74) is 1.81. The van der Waals surface area contributed by atoms with Gasteiger partial charge in [0.1, 0.15) is 12.4 Å². The Bertz CT molecular complexity index is 1260. The normalized spacial score (nSPS) is 15.0. The molecule has 3 aromatic carbocycles. The first-order chi connectivity index (χ1) is 15.0. The van der Waals surface area contributed by atoms with Gasteiger partial charge in [-0.3, -0.25) is 14.5 Å². The number of amides is 2. The van der Waals surface area contributed by atoms with Crippen molar-refractivity contribution in [3.63, 3.8) is 0 Å². The van der Waals surface area contributed by atoms with E-state index in [1.807, 2.05) is 30.3 Å². The maximum atomic E-state index is 12.4. The lowest BCUT2D eigenvalue weighted by Gasteiger charge is -2.12. The van der Waals surface area contributed by atoms with Crippen molar-refractivity contribution >= 4 is 71.6 Å². The number of imide groups is 1. The average Bonchev–Trinajstić information content (AvgIpc) is 3.00. The van der Waals surface area contributed by atoms with Crippen molar-refractivity contribution in [2.45, 2.75) is 6.61 Å². The number of rotatable bonds is 5. The first-order valence-corrected chi connectivity index (χ1v) is 11.6. The molecule has 3 aromatic rings. The van der Waals surface area contributed by atoms with Crippen LogP contribution in [0.5, 0.6) is 5.75 Å². The predicted octanol–water partition coefficient (Wildman–Crippen LogP) is 6.61. The number of hydrogen-bond donors (Lipinski definition) is 0. The third kappa shape index (κ3) is 4.72. The van der Waals surface area contributed by atoms with Crippen molar-refractivity contribution < 1.29 is 14.3 Å². The van der Waals surface area contributed by atoms with Crippen LogP contribution in [-0.4, -0.2) is 22.6 Å². The Morgan fingerprint density at radius 1 is 1.03 bits per heavy atom. The van der Waals surface area contributed by atoms with E-state index < -0.39 is 0 Å². The zero-order valence-corrected chi connectivity index (χ0v) is 20.1. The Morgan fingerprint density at radius 2 is 1.74 bits per heavy atom. The van der Waals surface area contributed by atoms with Gasteiger partial charge in [-0.2, -0.15) is 0 Å². The molecule has 0 bridgehead atoms. The molecule has 4 rings (SSSR count). The standard InChI is InChI=1S/C24H15Br2NO3S/c1-2-9-27-23(28)21(31-24(27)29)13-16-11-19(25)22(20(26)12-16)30-14-15-7-8-17-5-3-4-6-18(17)10-15/h1,3-8,10-13H,9,14H2/b21-13+. The van der Waals surface area contributed by atoms with Crippen LogP contribution >= 0.6 is 43.6 Å². The van der Waals surface area contributed by atoms with Crippen LogP contribution in [-0.2, 0) is 11.4 Å². The number of benzene rings is 3. The number of nitrogens with zero attached hydrogens (tertiary/aromatic N) is 1. The van der Waals surface area contributed by atoms with Crippen molar-refractivity contribution in [1.29, 1.82) is 0 Å². The highest BCUT2D eigenvalue weighted by atomic mass is 79.9. The van der Waals surface area contributed by atoms with Gasteiger partial charge in [0.2, 0.25) is 0 Å². The van der Waals surface area contributed by atoms with Crippen molar-refractivity contribution in [1.82, 2.24) is 4.90 Å². The molecule has 0 aromatic heterocycles. The van der Waals surface area contributed by atoms with Gasteiger partial charge in [0.05, 0.1) is 20.4 Å². The Kier molecular flexibility index (Phi) is 6.51. The van der Waals surface area contributed by atoms with Gasteiger partial charge in [-0.1, -0.05) is 42.3 Å². The van der Waals surface area contributed by atoms with Crippen molar-refractivity contribution in [3.05, 3.63) is 79.6 Å². The maximum Gasteiger partial charge on any atom is 0.294 e. The molecule has 0 spiro atoms. The smallest absolute Gasteiger partial charge is 0.294 e. The fourth-order valence-electron chi connectivity index (χ4n) is 3.16. The van der Waals surface area contributed by atoms with Crippen molar-refractivity contribution in [2.24, 2.45) is 0 Å². The number of carbonyl (C=O) groups is 2. The summed E-state index contributed by atoms with van der Waals surface area (Å²) in [6, 6.07) is 18.1. The number of ether oxygens (including phenoxy) is 1. The highest BCUT2D eigenvalue weighted by Crippen LogP contribution is 2.38. The molecule has 0 N–H and O–H groups in total. The fraction of sp³-hybridized carbons (Fsp3) is 0.0833. The number of carbonyl (C=O) groups excluding carboxylic acids is 2. The van der Waals surface area contributed by atoms with Gasteiger partial charge in [-0.05, 0) is 89.8 Å². The molecule has 0 unspecified atom stereocenters. The minimum absolute atomic E-state index is 0.0308. The highest BCUT2D eigenvalue weighted by Gasteiger charge is 2.34. The number of fused-ring (bicyclic) bond motifs is 1. The van der Waals surface area contributed by atoms with E-state index in [1.165, 1.54) is 5.39 Å². The Labute approximate surface area is 200 Å². The van der Waals surface area contributed by atoms with E-state index in [0.717, 1.165) is 42.1 Å². The van der Waals surface area contributed by atoms with Crippen LogP contribution in [0.2, 0.25) is 0 Å². The van der Waals surface area contributed by atoms with Gasteiger partial charge < -0.3 is 4.74 Å². The van der Waals surface area contributed by atoms with E-state index in [1.54, 1.807) is 6.08 Å². The van der Waals surface area contributed by atoms with E-state index in [9.17, 15) is 9.59 Å². The first kappa shape index (κ1) is 21.7. The lowest BCUT2D eigenvalue weighted by atomic mass is 10.1. The molecule has 1 aliphatic rings. The van der Waals surface area contributed by atoms with E-state index in [0.29, 0.717) is 17.3 Å². The monoisotopic (exact) mass is 555 g/mol. The largest absolute Gasteiger partial charge is 0.487 e. The minimum atomic E-state index is -0.378. The van der Waals surface area contributed by atoms with Crippen molar-refractivity contribution in [2.75, 3.05) is 6.54 Å². The molecule has 4 nitrogen and oxygen atoms in total. The van der Waals surface area contributed by atoms with Crippen LogP contribution in [0, 0.1) is 12.3 Å². The SMILES string of the molecule is C#CCN1C(=O)S/C(=C/c2cc(Br)c(OCc3ccc4ccccc4c3)c(Br)c2)C1=O. The van der Waals surface area contributed by atoms with E-state index in [-0.39, 0.29) is 17.7 Å².